The van der Waals surface area contributed by atoms with Gasteiger partial charge in [0.15, 0.2) is 5.76 Å². The second kappa shape index (κ2) is 8.09. The van der Waals surface area contributed by atoms with Crippen LogP contribution in [0.3, 0.4) is 0 Å². The summed E-state index contributed by atoms with van der Waals surface area (Å²) in [7, 11) is -3.82. The molecule has 1 aromatic heterocycles. The van der Waals surface area contributed by atoms with E-state index in [2.05, 4.69) is 9.88 Å². The van der Waals surface area contributed by atoms with Crippen LogP contribution in [0.2, 0.25) is 0 Å². The number of aryl methyl sites for hydroxylation is 2. The largest absolute Gasteiger partial charge is 0.381 e. The van der Waals surface area contributed by atoms with E-state index in [-0.39, 0.29) is 28.8 Å². The molecule has 0 spiro atoms. The molecule has 24 heavy (non-hydrogen) atoms. The molecule has 0 saturated carbocycles. The minimum absolute atomic E-state index is 0.00293. The standard InChI is InChI=1S/C15H25N3O5S/c1-4-22-10-13-6-5-7-18(9-13)14(19)8-16-24(20,21)15-11(2)17-23-12(15)3/h13,16H,4-10H2,1-3H3. The predicted octanol–water partition coefficient (Wildman–Crippen LogP) is 0.845. The Morgan fingerprint density at radius 2 is 2.21 bits per heavy atom. The third kappa shape index (κ3) is 4.55. The first-order valence-electron chi connectivity index (χ1n) is 8.13. The quantitative estimate of drug-likeness (QED) is 0.774. The summed E-state index contributed by atoms with van der Waals surface area (Å²) in [6.07, 6.45) is 1.93. The summed E-state index contributed by atoms with van der Waals surface area (Å²) in [5.74, 6) is 0.288. The summed E-state index contributed by atoms with van der Waals surface area (Å²) in [6.45, 7) is 7.28. The molecular weight excluding hydrogens is 334 g/mol. The van der Waals surface area contributed by atoms with E-state index < -0.39 is 10.0 Å². The van der Waals surface area contributed by atoms with Gasteiger partial charge in [-0.1, -0.05) is 5.16 Å². The van der Waals surface area contributed by atoms with Crippen molar-refractivity contribution in [3.05, 3.63) is 11.5 Å². The van der Waals surface area contributed by atoms with Crippen LogP contribution < -0.4 is 4.72 Å². The predicted molar refractivity (Wildman–Crippen MR) is 87.0 cm³/mol. The average Bonchev–Trinajstić information content (AvgIpc) is 2.90. The number of likely N-dealkylation sites (tertiary alicyclic amines) is 1. The fourth-order valence-corrected chi connectivity index (χ4v) is 4.21. The summed E-state index contributed by atoms with van der Waals surface area (Å²) < 4.78 is 37.3. The number of rotatable bonds is 7. The highest BCUT2D eigenvalue weighted by atomic mass is 32.2. The molecule has 1 fully saturated rings. The number of nitrogens with one attached hydrogen (secondary N) is 1. The van der Waals surface area contributed by atoms with Gasteiger partial charge in [-0.3, -0.25) is 4.79 Å². The lowest BCUT2D eigenvalue weighted by Crippen LogP contribution is -2.45. The van der Waals surface area contributed by atoms with Crippen LogP contribution in [0.25, 0.3) is 0 Å². The van der Waals surface area contributed by atoms with E-state index >= 15 is 0 Å². The maximum atomic E-state index is 12.3. The summed E-state index contributed by atoms with van der Waals surface area (Å²) in [5.41, 5.74) is 0.280. The van der Waals surface area contributed by atoms with Crippen molar-refractivity contribution in [3.8, 4) is 0 Å². The molecule has 1 aromatic rings. The van der Waals surface area contributed by atoms with Crippen molar-refractivity contribution in [1.29, 1.82) is 0 Å². The van der Waals surface area contributed by atoms with Crippen molar-refractivity contribution in [2.45, 2.75) is 38.5 Å². The molecule has 0 aromatic carbocycles. The molecule has 1 saturated heterocycles. The summed E-state index contributed by atoms with van der Waals surface area (Å²) in [6, 6.07) is 0. The van der Waals surface area contributed by atoms with E-state index in [0.717, 1.165) is 12.8 Å². The summed E-state index contributed by atoms with van der Waals surface area (Å²) >= 11 is 0. The van der Waals surface area contributed by atoms with Crippen LogP contribution in [0, 0.1) is 19.8 Å². The number of hydrogen-bond acceptors (Lipinski definition) is 6. The molecule has 1 unspecified atom stereocenters. The molecule has 1 aliphatic rings. The zero-order chi connectivity index (χ0) is 17.7. The molecule has 1 amide bonds. The maximum absolute atomic E-state index is 12.3. The van der Waals surface area contributed by atoms with Crippen molar-refractivity contribution in [2.24, 2.45) is 5.92 Å². The van der Waals surface area contributed by atoms with Crippen molar-refractivity contribution in [3.63, 3.8) is 0 Å². The molecule has 1 atom stereocenters. The van der Waals surface area contributed by atoms with Crippen molar-refractivity contribution in [2.75, 3.05) is 32.8 Å². The number of amides is 1. The van der Waals surface area contributed by atoms with Crippen LogP contribution >= 0.6 is 0 Å². The monoisotopic (exact) mass is 359 g/mol. The molecule has 2 rings (SSSR count). The number of sulfonamides is 1. The van der Waals surface area contributed by atoms with Crippen LogP contribution in [-0.2, 0) is 19.6 Å². The average molecular weight is 359 g/mol. The SMILES string of the molecule is CCOCC1CCCN(C(=O)CNS(=O)(=O)c2c(C)noc2C)C1. The Morgan fingerprint density at radius 1 is 1.46 bits per heavy atom. The molecule has 9 heteroatoms. The van der Waals surface area contributed by atoms with Gasteiger partial charge in [0.2, 0.25) is 15.9 Å². The van der Waals surface area contributed by atoms with Crippen LogP contribution in [0.15, 0.2) is 9.42 Å². The van der Waals surface area contributed by atoms with Crippen LogP contribution in [0.5, 0.6) is 0 Å². The Morgan fingerprint density at radius 3 is 2.83 bits per heavy atom. The number of carbonyl (C=O) groups is 1. The van der Waals surface area contributed by atoms with Crippen molar-refractivity contribution < 1.29 is 22.5 Å². The molecule has 8 nitrogen and oxygen atoms in total. The van der Waals surface area contributed by atoms with Gasteiger partial charge in [-0.15, -0.1) is 0 Å². The second-order valence-corrected chi connectivity index (χ2v) is 7.69. The highest BCUT2D eigenvalue weighted by Crippen LogP contribution is 2.19. The van der Waals surface area contributed by atoms with Gasteiger partial charge in [0.25, 0.3) is 0 Å². The highest BCUT2D eigenvalue weighted by molar-refractivity contribution is 7.89. The van der Waals surface area contributed by atoms with E-state index in [0.29, 0.717) is 32.2 Å². The van der Waals surface area contributed by atoms with Gasteiger partial charge < -0.3 is 14.2 Å². The number of piperidine rings is 1. The molecule has 1 aliphatic heterocycles. The number of aromatic nitrogens is 1. The lowest BCUT2D eigenvalue weighted by molar-refractivity contribution is -0.132. The molecule has 0 aliphatic carbocycles. The normalized spacial score (nSPS) is 18.8. The first kappa shape index (κ1) is 18.9. The third-order valence-electron chi connectivity index (χ3n) is 4.08. The Labute approximate surface area is 142 Å². The number of hydrogen-bond donors (Lipinski definition) is 1. The van der Waals surface area contributed by atoms with Gasteiger partial charge in [-0.25, -0.2) is 13.1 Å². The number of ether oxygens (including phenoxy) is 1. The Kier molecular flexibility index (Phi) is 6.36. The topological polar surface area (TPSA) is 102 Å². The minimum Gasteiger partial charge on any atom is -0.381 e. The van der Waals surface area contributed by atoms with E-state index in [4.69, 9.17) is 9.26 Å². The van der Waals surface area contributed by atoms with Gasteiger partial charge in [0.1, 0.15) is 10.6 Å². The van der Waals surface area contributed by atoms with E-state index in [1.807, 2.05) is 6.92 Å². The number of nitrogens with zero attached hydrogens (tertiary/aromatic N) is 2. The van der Waals surface area contributed by atoms with Crippen LogP contribution in [0.4, 0.5) is 0 Å². The van der Waals surface area contributed by atoms with Gasteiger partial charge in [0.05, 0.1) is 13.2 Å². The second-order valence-electron chi connectivity index (χ2n) is 5.99. The van der Waals surface area contributed by atoms with Gasteiger partial charge >= 0.3 is 0 Å². The fraction of sp³-hybridized carbons (Fsp3) is 0.733. The Balaban J connectivity index is 1.93. The fourth-order valence-electron chi connectivity index (χ4n) is 2.91. The maximum Gasteiger partial charge on any atom is 0.246 e. The van der Waals surface area contributed by atoms with E-state index in [9.17, 15) is 13.2 Å². The molecule has 0 bridgehead atoms. The Bertz CT molecular complexity index is 651. The zero-order valence-electron chi connectivity index (χ0n) is 14.4. The van der Waals surface area contributed by atoms with Crippen molar-refractivity contribution >= 4 is 15.9 Å². The summed E-state index contributed by atoms with van der Waals surface area (Å²) in [5, 5.41) is 3.63. The van der Waals surface area contributed by atoms with Crippen LogP contribution in [-0.4, -0.2) is 57.2 Å². The minimum atomic E-state index is -3.82. The first-order chi connectivity index (χ1) is 11.3. The Hall–Kier alpha value is -1.45. The lowest BCUT2D eigenvalue weighted by atomic mass is 9.99. The van der Waals surface area contributed by atoms with Crippen molar-refractivity contribution in [1.82, 2.24) is 14.8 Å². The highest BCUT2D eigenvalue weighted by Gasteiger charge is 2.27. The smallest absolute Gasteiger partial charge is 0.246 e. The summed E-state index contributed by atoms with van der Waals surface area (Å²) in [4.78, 5) is 14.0. The molecule has 0 radical (unpaired) electrons. The number of carbonyl (C=O) groups excluding carboxylic acids is 1. The molecule has 2 heterocycles. The van der Waals surface area contributed by atoms with E-state index in [1.165, 1.54) is 6.92 Å². The zero-order valence-corrected chi connectivity index (χ0v) is 15.2. The lowest BCUT2D eigenvalue weighted by Gasteiger charge is -2.32. The van der Waals surface area contributed by atoms with E-state index in [1.54, 1.807) is 11.8 Å². The van der Waals surface area contributed by atoms with Gasteiger partial charge in [0, 0.05) is 19.7 Å². The molecule has 136 valence electrons. The molecular formula is C15H25N3O5S. The molecule has 1 N–H and O–H groups in total. The van der Waals surface area contributed by atoms with Crippen LogP contribution in [0.1, 0.15) is 31.2 Å². The third-order valence-corrected chi connectivity index (χ3v) is 5.72. The first-order valence-corrected chi connectivity index (χ1v) is 9.61. The van der Waals surface area contributed by atoms with Gasteiger partial charge in [-0.05, 0) is 39.5 Å². The van der Waals surface area contributed by atoms with Gasteiger partial charge in [-0.2, -0.15) is 0 Å².